The van der Waals surface area contributed by atoms with Gasteiger partial charge in [0.1, 0.15) is 0 Å². The molecule has 2 amide bonds. The Morgan fingerprint density at radius 3 is 2.43 bits per heavy atom. The molecule has 0 aliphatic heterocycles. The van der Waals surface area contributed by atoms with Crippen LogP contribution in [-0.4, -0.2) is 34.9 Å². The predicted molar refractivity (Wildman–Crippen MR) is 67.1 cm³/mol. The van der Waals surface area contributed by atoms with Gasteiger partial charge >= 0.3 is 18.2 Å². The van der Waals surface area contributed by atoms with Crippen LogP contribution in [0.4, 0.5) is 23.7 Å². The van der Waals surface area contributed by atoms with Crippen LogP contribution in [0.1, 0.15) is 5.56 Å². The van der Waals surface area contributed by atoms with Crippen LogP contribution in [0.25, 0.3) is 0 Å². The molecule has 0 radical (unpaired) electrons. The number of alkyl halides is 3. The first-order chi connectivity index (χ1) is 9.61. The van der Waals surface area contributed by atoms with E-state index in [4.69, 9.17) is 21.8 Å². The molecule has 0 saturated carbocycles. The van der Waals surface area contributed by atoms with Crippen molar-refractivity contribution < 1.29 is 33.0 Å². The Balaban J connectivity index is 2.67. The molecular weight excluding hydrogens is 317 g/mol. The average molecular weight is 327 g/mol. The molecule has 0 aliphatic carbocycles. The first kappa shape index (κ1) is 17.1. The molecule has 6 nitrogen and oxygen atoms in total. The normalized spacial score (nSPS) is 12.6. The molecule has 0 spiro atoms. The molecular formula is C11H10ClF3N2O4. The maximum atomic E-state index is 12.4. The highest BCUT2D eigenvalue weighted by atomic mass is 35.5. The Morgan fingerprint density at radius 1 is 1.33 bits per heavy atom. The number of carboxylic acids is 1. The Morgan fingerprint density at radius 2 is 1.95 bits per heavy atom. The van der Waals surface area contributed by atoms with Crippen molar-refractivity contribution in [2.45, 2.75) is 12.3 Å². The quantitative estimate of drug-likeness (QED) is 0.679. The van der Waals surface area contributed by atoms with Gasteiger partial charge < -0.3 is 20.8 Å². The predicted octanol–water partition coefficient (Wildman–Crippen LogP) is 1.93. The second kappa shape index (κ2) is 6.64. The van der Waals surface area contributed by atoms with Crippen molar-refractivity contribution in [1.82, 2.24) is 5.32 Å². The summed E-state index contributed by atoms with van der Waals surface area (Å²) in [7, 11) is 0. The molecule has 0 bridgehead atoms. The number of urea groups is 1. The smallest absolute Gasteiger partial charge is 0.416 e. The maximum absolute atomic E-state index is 12.4. The van der Waals surface area contributed by atoms with Crippen LogP contribution in [0.3, 0.4) is 0 Å². The van der Waals surface area contributed by atoms with Crippen molar-refractivity contribution in [3.63, 3.8) is 0 Å². The zero-order valence-electron chi connectivity index (χ0n) is 10.2. The van der Waals surface area contributed by atoms with Crippen molar-refractivity contribution in [2.24, 2.45) is 0 Å². The van der Waals surface area contributed by atoms with E-state index in [1.165, 1.54) is 0 Å². The summed E-state index contributed by atoms with van der Waals surface area (Å²) in [5.74, 6) is -1.53. The van der Waals surface area contributed by atoms with E-state index in [9.17, 15) is 22.8 Å². The summed E-state index contributed by atoms with van der Waals surface area (Å²) in [5.41, 5.74) is -1.06. The number of carbonyl (C=O) groups is 2. The number of aliphatic carboxylic acids is 1. The van der Waals surface area contributed by atoms with Gasteiger partial charge in [-0.25, -0.2) is 9.59 Å². The number of aliphatic hydroxyl groups excluding tert-OH is 1. The van der Waals surface area contributed by atoms with Gasteiger partial charge in [0.2, 0.25) is 0 Å². The fourth-order valence-corrected chi connectivity index (χ4v) is 1.46. The average Bonchev–Trinajstić information content (AvgIpc) is 2.36. The van der Waals surface area contributed by atoms with E-state index >= 15 is 0 Å². The Bertz CT molecular complexity index is 551. The highest BCUT2D eigenvalue weighted by molar-refractivity contribution is 6.33. The number of carboxylic acid groups (broad SMARTS) is 1. The zero-order valence-corrected chi connectivity index (χ0v) is 11.0. The topological polar surface area (TPSA) is 98.7 Å². The van der Waals surface area contributed by atoms with Crippen LogP contribution < -0.4 is 10.6 Å². The number of amides is 2. The van der Waals surface area contributed by atoms with E-state index in [1.807, 2.05) is 5.32 Å². The molecule has 1 atom stereocenters. The fraction of sp³-hybridized carbons (Fsp3) is 0.273. The van der Waals surface area contributed by atoms with Crippen LogP contribution in [0.15, 0.2) is 18.2 Å². The summed E-state index contributed by atoms with van der Waals surface area (Å²) in [6.45, 7) is -0.570. The molecule has 116 valence electrons. The van der Waals surface area contributed by atoms with Gasteiger partial charge in [0.05, 0.1) is 22.8 Å². The molecule has 4 N–H and O–H groups in total. The van der Waals surface area contributed by atoms with Gasteiger partial charge in [-0.1, -0.05) is 11.6 Å². The summed E-state index contributed by atoms with van der Waals surface area (Å²) in [5, 5.41) is 21.1. The third kappa shape index (κ3) is 5.12. The SMILES string of the molecule is O=C(NC[C@H](O)C(=O)O)Nc1ccc(C(F)(F)F)cc1Cl. The largest absolute Gasteiger partial charge is 0.479 e. The fourth-order valence-electron chi connectivity index (χ4n) is 1.24. The minimum Gasteiger partial charge on any atom is -0.479 e. The van der Waals surface area contributed by atoms with E-state index in [0.717, 1.165) is 12.1 Å². The monoisotopic (exact) mass is 326 g/mol. The van der Waals surface area contributed by atoms with Crippen molar-refractivity contribution >= 4 is 29.3 Å². The third-order valence-electron chi connectivity index (χ3n) is 2.29. The summed E-state index contributed by atoms with van der Waals surface area (Å²) < 4.78 is 37.2. The van der Waals surface area contributed by atoms with E-state index in [2.05, 4.69) is 5.32 Å². The molecule has 0 fully saturated rings. The lowest BCUT2D eigenvalue weighted by molar-refractivity contribution is -0.146. The van der Waals surface area contributed by atoms with Gasteiger partial charge in [-0.05, 0) is 18.2 Å². The molecule has 1 aromatic carbocycles. The molecule has 0 aliphatic rings. The van der Waals surface area contributed by atoms with Gasteiger partial charge in [0, 0.05) is 0 Å². The minimum absolute atomic E-state index is 0.0908. The summed E-state index contributed by atoms with van der Waals surface area (Å²) in [4.78, 5) is 21.7. The van der Waals surface area contributed by atoms with E-state index in [-0.39, 0.29) is 10.7 Å². The lowest BCUT2D eigenvalue weighted by atomic mass is 10.2. The van der Waals surface area contributed by atoms with Crippen LogP contribution in [0, 0.1) is 0 Å². The number of rotatable bonds is 4. The maximum Gasteiger partial charge on any atom is 0.416 e. The Labute approximate surface area is 121 Å². The molecule has 0 unspecified atom stereocenters. The zero-order chi connectivity index (χ0) is 16.2. The molecule has 1 rings (SSSR count). The molecule has 21 heavy (non-hydrogen) atoms. The first-order valence-corrected chi connectivity index (χ1v) is 5.81. The van der Waals surface area contributed by atoms with Crippen molar-refractivity contribution in [3.05, 3.63) is 28.8 Å². The van der Waals surface area contributed by atoms with Crippen LogP contribution in [0.5, 0.6) is 0 Å². The molecule has 0 heterocycles. The number of carbonyl (C=O) groups excluding carboxylic acids is 1. The molecule has 1 aromatic rings. The van der Waals surface area contributed by atoms with Gasteiger partial charge in [0.25, 0.3) is 0 Å². The highest BCUT2D eigenvalue weighted by Crippen LogP contribution is 2.33. The standard InChI is InChI=1S/C11H10ClF3N2O4/c12-6-3-5(11(13,14)15)1-2-7(6)17-10(21)16-4-8(18)9(19)20/h1-3,8,18H,4H2,(H,19,20)(H2,16,17,21)/t8-/m0/s1. The number of hydrogen-bond donors (Lipinski definition) is 4. The summed E-state index contributed by atoms with van der Waals surface area (Å²) >= 11 is 5.61. The number of nitrogens with one attached hydrogen (secondary N) is 2. The van der Waals surface area contributed by atoms with Gasteiger partial charge in [0.15, 0.2) is 6.10 Å². The van der Waals surface area contributed by atoms with Gasteiger partial charge in [-0.15, -0.1) is 0 Å². The number of halogens is 4. The van der Waals surface area contributed by atoms with Crippen LogP contribution in [0.2, 0.25) is 5.02 Å². The molecule has 10 heteroatoms. The van der Waals surface area contributed by atoms with E-state index in [1.54, 1.807) is 0 Å². The van der Waals surface area contributed by atoms with Crippen molar-refractivity contribution in [1.29, 1.82) is 0 Å². The number of aliphatic hydroxyl groups is 1. The van der Waals surface area contributed by atoms with Crippen LogP contribution in [-0.2, 0) is 11.0 Å². The second-order valence-electron chi connectivity index (χ2n) is 3.88. The minimum atomic E-state index is -4.56. The van der Waals surface area contributed by atoms with Crippen molar-refractivity contribution in [2.75, 3.05) is 11.9 Å². The number of benzene rings is 1. The summed E-state index contributed by atoms with van der Waals surface area (Å²) in [6, 6.07) is 1.41. The van der Waals surface area contributed by atoms with E-state index in [0.29, 0.717) is 6.07 Å². The van der Waals surface area contributed by atoms with Crippen molar-refractivity contribution in [3.8, 4) is 0 Å². The lowest BCUT2D eigenvalue weighted by Gasteiger charge is -2.12. The first-order valence-electron chi connectivity index (χ1n) is 5.43. The molecule has 0 saturated heterocycles. The van der Waals surface area contributed by atoms with Gasteiger partial charge in [-0.2, -0.15) is 13.2 Å². The third-order valence-corrected chi connectivity index (χ3v) is 2.60. The lowest BCUT2D eigenvalue weighted by Crippen LogP contribution is -2.38. The second-order valence-corrected chi connectivity index (χ2v) is 4.29. The Kier molecular flexibility index (Phi) is 5.39. The number of hydrogen-bond acceptors (Lipinski definition) is 3. The number of anilines is 1. The van der Waals surface area contributed by atoms with E-state index < -0.39 is 36.4 Å². The summed E-state index contributed by atoms with van der Waals surface area (Å²) in [6.07, 6.45) is -6.35. The molecule has 0 aromatic heterocycles. The Hall–Kier alpha value is -2.00. The van der Waals surface area contributed by atoms with Crippen LogP contribution >= 0.6 is 11.6 Å². The van der Waals surface area contributed by atoms with Gasteiger partial charge in [-0.3, -0.25) is 0 Å². The highest BCUT2D eigenvalue weighted by Gasteiger charge is 2.31.